The molecule has 0 saturated carbocycles. The first-order chi connectivity index (χ1) is 35.8. The van der Waals surface area contributed by atoms with Crippen LogP contribution in [0.15, 0.2) is 146 Å². The van der Waals surface area contributed by atoms with E-state index in [4.69, 9.17) is 28.4 Å². The topological polar surface area (TPSA) is 122 Å². The van der Waals surface area contributed by atoms with Crippen LogP contribution in [0.3, 0.4) is 0 Å². The summed E-state index contributed by atoms with van der Waals surface area (Å²) in [6, 6.07) is 41.3. The molecule has 8 rings (SSSR count). The van der Waals surface area contributed by atoms with E-state index in [1.165, 1.54) is 18.3 Å². The van der Waals surface area contributed by atoms with E-state index < -0.39 is 29.6 Å². The molecular weight excluding hydrogens is 1160 g/mol. The summed E-state index contributed by atoms with van der Waals surface area (Å²) in [5.74, 6) is 3.27. The number of amides is 2. The van der Waals surface area contributed by atoms with Crippen LogP contribution in [0.5, 0.6) is 23.0 Å². The number of rotatable bonds is 18. The van der Waals surface area contributed by atoms with Crippen LogP contribution in [-0.2, 0) is 22.3 Å². The zero-order valence-electron chi connectivity index (χ0n) is 45.4. The van der Waals surface area contributed by atoms with Gasteiger partial charge in [0, 0.05) is 21.9 Å². The Morgan fingerprint density at radius 2 is 1.01 bits per heavy atom. The maximum Gasteiger partial charge on any atom is 0.410 e. The number of pyridine rings is 2. The molecule has 400 valence electrons. The quantitative estimate of drug-likeness (QED) is 0.0467. The average molecular weight is 1240 g/mol. The number of nitrogens with zero attached hydrogens (tertiary/aromatic N) is 4. The molecule has 2 saturated heterocycles. The van der Waals surface area contributed by atoms with Crippen LogP contribution in [0.2, 0.25) is 14.8 Å². The molecule has 2 aliphatic rings. The van der Waals surface area contributed by atoms with Crippen LogP contribution in [0.25, 0.3) is 11.1 Å². The van der Waals surface area contributed by atoms with Crippen LogP contribution in [0.4, 0.5) is 9.59 Å². The van der Waals surface area contributed by atoms with Gasteiger partial charge < -0.3 is 23.8 Å². The van der Waals surface area contributed by atoms with Gasteiger partial charge in [-0.2, -0.15) is 0 Å². The van der Waals surface area contributed by atoms with Crippen LogP contribution < -0.4 is 22.5 Å². The molecule has 0 unspecified atom stereocenters. The Bertz CT molecular complexity index is 2690. The van der Waals surface area contributed by atoms with Crippen molar-refractivity contribution in [1.29, 1.82) is 0 Å². The first kappa shape index (κ1) is 58.7. The molecule has 2 amide bonds. The largest absolute Gasteiger partial charge is 0.494 e. The monoisotopic (exact) mass is 1240 g/mol. The third-order valence-corrected chi connectivity index (χ3v) is 18.5. The molecular formula is C61H77IN4O8Sn. The summed E-state index contributed by atoms with van der Waals surface area (Å²) in [6.45, 7) is 15.0. The molecule has 2 atom stereocenters. The number of aryl methyl sites for hydroxylation is 2. The molecule has 4 heterocycles. The van der Waals surface area contributed by atoms with Gasteiger partial charge in [-0.25, -0.2) is 4.79 Å². The summed E-state index contributed by atoms with van der Waals surface area (Å²) < 4.78 is 37.0. The van der Waals surface area contributed by atoms with Crippen molar-refractivity contribution in [2.75, 3.05) is 39.5 Å². The molecule has 14 heteroatoms. The first-order valence-corrected chi connectivity index (χ1v) is 37.2. The molecule has 0 radical (unpaired) electrons. The van der Waals surface area contributed by atoms with Gasteiger partial charge in [-0.1, -0.05) is 78.9 Å². The number of benzene rings is 4. The SMILES string of the molecule is CC(C)(C)OC(=O)N1CC[C@H]1COc1cnc[c]([Sn]([CH3])([CH3])[CH3])c1.CC(C)(C)OC(=O)N1CC[C@H]1COc1cncc(-c2cccc(OCCCc3ccccc3)c2)c1.Ic1cccc(OCCCc2ccccc2)c1. The molecule has 2 aromatic heterocycles. The summed E-state index contributed by atoms with van der Waals surface area (Å²) >= 11 is 0.161. The number of likely N-dealkylation sites (tertiary alicyclic amines) is 2. The number of hydrogen-bond donors (Lipinski definition) is 0. The number of halogens is 1. The molecule has 0 aliphatic carbocycles. The van der Waals surface area contributed by atoms with E-state index in [0.717, 1.165) is 80.1 Å². The molecule has 0 N–H and O–H groups in total. The van der Waals surface area contributed by atoms with E-state index >= 15 is 0 Å². The second kappa shape index (κ2) is 28.5. The van der Waals surface area contributed by atoms with Crippen LogP contribution >= 0.6 is 22.6 Å². The molecule has 4 aromatic carbocycles. The van der Waals surface area contributed by atoms with E-state index in [1.54, 1.807) is 22.2 Å². The summed E-state index contributed by atoms with van der Waals surface area (Å²) in [7, 11) is 0. The van der Waals surface area contributed by atoms with Crippen molar-refractivity contribution in [2.45, 2.75) is 118 Å². The Labute approximate surface area is 463 Å². The van der Waals surface area contributed by atoms with Crippen molar-refractivity contribution in [3.05, 3.63) is 161 Å². The third-order valence-electron chi connectivity index (χ3n) is 12.1. The van der Waals surface area contributed by atoms with Crippen molar-refractivity contribution in [2.24, 2.45) is 0 Å². The first-order valence-electron chi connectivity index (χ1n) is 26.1. The van der Waals surface area contributed by atoms with E-state index in [2.05, 4.69) is 114 Å². The fraction of sp³-hybridized carbons (Fsp3) is 0.410. The molecule has 0 spiro atoms. The Kier molecular flexibility index (Phi) is 22.3. The number of carbonyl (C=O) groups is 2. The fourth-order valence-corrected chi connectivity index (χ4v) is 11.3. The second-order valence-corrected chi connectivity index (χ2v) is 37.5. The summed E-state index contributed by atoms with van der Waals surface area (Å²) in [4.78, 5) is 43.6. The van der Waals surface area contributed by atoms with Gasteiger partial charge in [-0.15, -0.1) is 0 Å². The van der Waals surface area contributed by atoms with Crippen LogP contribution in [-0.4, -0.2) is 113 Å². The van der Waals surface area contributed by atoms with Crippen molar-refractivity contribution in [3.8, 4) is 34.1 Å². The van der Waals surface area contributed by atoms with Crippen molar-refractivity contribution in [1.82, 2.24) is 19.8 Å². The zero-order chi connectivity index (χ0) is 53.9. The van der Waals surface area contributed by atoms with Crippen molar-refractivity contribution in [3.63, 3.8) is 0 Å². The maximum absolute atomic E-state index is 12.3. The average Bonchev–Trinajstić information content (AvgIpc) is 3.34. The van der Waals surface area contributed by atoms with Gasteiger partial charge in [0.25, 0.3) is 0 Å². The third kappa shape index (κ3) is 20.8. The van der Waals surface area contributed by atoms with E-state index in [1.807, 2.05) is 109 Å². The van der Waals surface area contributed by atoms with Gasteiger partial charge in [0.1, 0.15) is 29.5 Å². The smallest absolute Gasteiger partial charge is 0.410 e. The maximum atomic E-state index is 12.3. The number of hydrogen-bond acceptors (Lipinski definition) is 10. The van der Waals surface area contributed by atoms with Gasteiger partial charge in [0.15, 0.2) is 0 Å². The Morgan fingerprint density at radius 1 is 0.547 bits per heavy atom. The minimum Gasteiger partial charge on any atom is -0.494 e. The molecule has 75 heavy (non-hydrogen) atoms. The standard InChI is InChI=1S/C29H34N2O4.C15H15IO.C14H19N2O3.3CH3.Sn/c1-29(2,3)35-28(32)31-15-14-25(31)21-34-27-18-24(19-30-20-27)23-12-7-13-26(17-23)33-16-8-11-22-9-5-4-6-10-22;16-14-9-4-10-15(12-14)17-11-5-8-13-6-2-1-3-7-13;1-14(2,3)19-13(17)16-8-6-11(16)10-18-12-5-4-7-15-9-12;;;;/h4-7,9-10,12-13,17-20,25H,8,11,14-16,21H2,1-3H3;1-4,6-7,9-10,12H,5,8,11H2;5,7,9,11H,6,8,10H2,1-3H3;3*1H3;/t25-;;11-;;;;/m0.0..../s1. The number of carbonyl (C=O) groups excluding carboxylic acids is 2. The van der Waals surface area contributed by atoms with Crippen LogP contribution in [0.1, 0.15) is 78.4 Å². The van der Waals surface area contributed by atoms with E-state index in [9.17, 15) is 9.59 Å². The second-order valence-electron chi connectivity index (χ2n) is 21.8. The zero-order valence-corrected chi connectivity index (χ0v) is 50.4. The summed E-state index contributed by atoms with van der Waals surface area (Å²) in [5.41, 5.74) is 3.70. The minimum absolute atomic E-state index is 0.0149. The predicted octanol–water partition coefficient (Wildman–Crippen LogP) is 13.5. The summed E-state index contributed by atoms with van der Waals surface area (Å²) in [5, 5.41) is 0. The van der Waals surface area contributed by atoms with Crippen molar-refractivity contribution >= 4 is 56.7 Å². The Morgan fingerprint density at radius 3 is 1.48 bits per heavy atom. The molecule has 2 fully saturated rings. The molecule has 12 nitrogen and oxygen atoms in total. The normalized spacial score (nSPS) is 15.1. The van der Waals surface area contributed by atoms with Gasteiger partial charge in [-0.05, 0) is 129 Å². The fourth-order valence-electron chi connectivity index (χ4n) is 7.84. The Balaban J connectivity index is 0.000000197. The van der Waals surface area contributed by atoms with Gasteiger partial charge in [0.2, 0.25) is 0 Å². The number of ether oxygens (including phenoxy) is 6. The summed E-state index contributed by atoms with van der Waals surface area (Å²) in [6.07, 6.45) is 12.6. The Hall–Kier alpha value is -5.55. The number of aromatic nitrogens is 2. The van der Waals surface area contributed by atoms with E-state index in [-0.39, 0.29) is 24.3 Å². The van der Waals surface area contributed by atoms with Gasteiger partial charge >= 0.3 is 149 Å². The molecule has 2 aliphatic heterocycles. The molecule has 0 bridgehead atoms. The minimum atomic E-state index is -2.13. The van der Waals surface area contributed by atoms with Gasteiger partial charge in [0.05, 0.1) is 25.5 Å². The van der Waals surface area contributed by atoms with E-state index in [0.29, 0.717) is 32.1 Å². The van der Waals surface area contributed by atoms with Crippen molar-refractivity contribution < 1.29 is 38.0 Å². The molecule has 6 aromatic rings. The predicted molar refractivity (Wildman–Crippen MR) is 310 cm³/mol. The van der Waals surface area contributed by atoms with Gasteiger partial charge in [-0.3, -0.25) is 4.98 Å². The van der Waals surface area contributed by atoms with Crippen LogP contribution in [0, 0.1) is 3.57 Å².